The monoisotopic (exact) mass is 349 g/mol. The molecular formula is C19H19N5S. The Hall–Kier alpha value is -2.73. The third-order valence-corrected chi connectivity index (χ3v) is 4.91. The highest BCUT2D eigenvalue weighted by Gasteiger charge is 2.40. The smallest absolute Gasteiger partial charge is 0.170 e. The van der Waals surface area contributed by atoms with Crippen LogP contribution in [-0.2, 0) is 13.6 Å². The second-order valence-corrected chi connectivity index (χ2v) is 6.55. The van der Waals surface area contributed by atoms with Gasteiger partial charge in [0.05, 0.1) is 17.8 Å². The van der Waals surface area contributed by atoms with E-state index in [1.165, 1.54) is 5.69 Å². The minimum Gasteiger partial charge on any atom is -0.353 e. The normalized spacial score (nSPS) is 19.9. The molecule has 0 aromatic carbocycles. The topological polar surface area (TPSA) is 46.0 Å². The molecule has 1 fully saturated rings. The van der Waals surface area contributed by atoms with E-state index in [9.17, 15) is 0 Å². The zero-order valence-electron chi connectivity index (χ0n) is 13.9. The van der Waals surface area contributed by atoms with Gasteiger partial charge in [-0.05, 0) is 48.1 Å². The van der Waals surface area contributed by atoms with Crippen LogP contribution in [0.15, 0.2) is 67.3 Å². The van der Waals surface area contributed by atoms with Gasteiger partial charge < -0.3 is 14.8 Å². The van der Waals surface area contributed by atoms with Crippen LogP contribution in [0.1, 0.15) is 29.0 Å². The van der Waals surface area contributed by atoms with E-state index < -0.39 is 0 Å². The van der Waals surface area contributed by atoms with E-state index in [-0.39, 0.29) is 12.1 Å². The number of aromatic nitrogens is 3. The third kappa shape index (κ3) is 3.00. The van der Waals surface area contributed by atoms with Gasteiger partial charge in [0.25, 0.3) is 0 Å². The highest BCUT2D eigenvalue weighted by molar-refractivity contribution is 7.80. The van der Waals surface area contributed by atoms with Crippen LogP contribution in [-0.4, -0.2) is 24.5 Å². The first-order valence-electron chi connectivity index (χ1n) is 8.22. The molecule has 3 aromatic rings. The van der Waals surface area contributed by atoms with Gasteiger partial charge >= 0.3 is 0 Å². The van der Waals surface area contributed by atoms with Crippen LogP contribution in [0.2, 0.25) is 0 Å². The minimum atomic E-state index is 0.0129. The number of pyridine rings is 2. The number of rotatable bonds is 4. The van der Waals surface area contributed by atoms with Crippen molar-refractivity contribution in [3.63, 3.8) is 0 Å². The van der Waals surface area contributed by atoms with Gasteiger partial charge in [-0.3, -0.25) is 9.97 Å². The van der Waals surface area contributed by atoms with Crippen molar-refractivity contribution in [3.05, 3.63) is 84.2 Å². The van der Waals surface area contributed by atoms with Crippen molar-refractivity contribution in [2.24, 2.45) is 7.05 Å². The van der Waals surface area contributed by atoms with Crippen molar-refractivity contribution in [1.29, 1.82) is 0 Å². The molecule has 1 N–H and O–H groups in total. The van der Waals surface area contributed by atoms with E-state index in [4.69, 9.17) is 12.2 Å². The van der Waals surface area contributed by atoms with E-state index in [0.717, 1.165) is 16.4 Å². The van der Waals surface area contributed by atoms with Crippen LogP contribution in [0.25, 0.3) is 0 Å². The summed E-state index contributed by atoms with van der Waals surface area (Å²) < 4.78 is 2.15. The van der Waals surface area contributed by atoms with E-state index in [1.54, 1.807) is 6.20 Å². The van der Waals surface area contributed by atoms with E-state index >= 15 is 0 Å². The Morgan fingerprint density at radius 1 is 1.12 bits per heavy atom. The molecule has 2 atom stereocenters. The zero-order chi connectivity index (χ0) is 17.2. The van der Waals surface area contributed by atoms with Gasteiger partial charge in [0.2, 0.25) is 0 Å². The number of nitrogens with one attached hydrogen (secondary N) is 1. The maximum Gasteiger partial charge on any atom is 0.170 e. The van der Waals surface area contributed by atoms with Crippen molar-refractivity contribution < 1.29 is 0 Å². The molecule has 1 aliphatic rings. The molecule has 1 aliphatic heterocycles. The molecule has 126 valence electrons. The standard InChI is InChI=1S/C19H19N5S/c1-23-11-5-8-16(23)18-17(15-7-2-3-10-21-15)22-19(25)24(18)13-14-6-4-9-20-12-14/h2-12,17-18H,13H2,1H3,(H,22,25)/t17-,18-/m0/s1. The number of thiocarbonyl (C=S) groups is 1. The maximum absolute atomic E-state index is 5.67. The number of nitrogens with zero attached hydrogens (tertiary/aromatic N) is 4. The quantitative estimate of drug-likeness (QED) is 0.734. The van der Waals surface area contributed by atoms with Gasteiger partial charge in [0, 0.05) is 44.1 Å². The third-order valence-electron chi connectivity index (χ3n) is 4.56. The lowest BCUT2D eigenvalue weighted by Gasteiger charge is -2.28. The largest absolute Gasteiger partial charge is 0.353 e. The van der Waals surface area contributed by atoms with Crippen LogP contribution in [0.5, 0.6) is 0 Å². The Morgan fingerprint density at radius 3 is 2.72 bits per heavy atom. The summed E-state index contributed by atoms with van der Waals surface area (Å²) in [5.41, 5.74) is 3.32. The summed E-state index contributed by atoms with van der Waals surface area (Å²) in [6, 6.07) is 14.3. The van der Waals surface area contributed by atoms with Crippen molar-refractivity contribution in [2.75, 3.05) is 0 Å². The summed E-state index contributed by atoms with van der Waals surface area (Å²) in [6.07, 6.45) is 7.56. The SMILES string of the molecule is Cn1cccc1[C@H]1[C@H](c2ccccn2)NC(=S)N1Cc1cccnc1. The first-order chi connectivity index (χ1) is 12.2. The number of aryl methyl sites for hydroxylation is 1. The number of hydrogen-bond acceptors (Lipinski definition) is 3. The highest BCUT2D eigenvalue weighted by Crippen LogP contribution is 2.39. The Bertz CT molecular complexity index is 862. The second-order valence-electron chi connectivity index (χ2n) is 6.16. The summed E-state index contributed by atoms with van der Waals surface area (Å²) in [6.45, 7) is 0.707. The molecule has 0 radical (unpaired) electrons. The molecule has 1 saturated heterocycles. The molecule has 25 heavy (non-hydrogen) atoms. The second kappa shape index (κ2) is 6.64. The van der Waals surface area contributed by atoms with Crippen molar-refractivity contribution in [3.8, 4) is 0 Å². The van der Waals surface area contributed by atoms with Gasteiger partial charge in [0.1, 0.15) is 0 Å². The van der Waals surface area contributed by atoms with Crippen molar-refractivity contribution in [1.82, 2.24) is 24.8 Å². The van der Waals surface area contributed by atoms with E-state index in [0.29, 0.717) is 6.54 Å². The Labute approximate surface area is 152 Å². The molecular weight excluding hydrogens is 330 g/mol. The molecule has 0 amide bonds. The molecule has 0 bridgehead atoms. The molecule has 0 aliphatic carbocycles. The molecule has 5 nitrogen and oxygen atoms in total. The van der Waals surface area contributed by atoms with Gasteiger partial charge in [-0.15, -0.1) is 0 Å². The predicted octanol–water partition coefficient (Wildman–Crippen LogP) is 2.99. The van der Waals surface area contributed by atoms with Gasteiger partial charge in [0.15, 0.2) is 5.11 Å². The Balaban J connectivity index is 1.74. The lowest BCUT2D eigenvalue weighted by atomic mass is 10.0. The van der Waals surface area contributed by atoms with Crippen LogP contribution in [0.4, 0.5) is 0 Å². The predicted molar refractivity (Wildman–Crippen MR) is 101 cm³/mol. The summed E-state index contributed by atoms with van der Waals surface area (Å²) in [5, 5.41) is 4.21. The molecule has 0 spiro atoms. The fraction of sp³-hybridized carbons (Fsp3) is 0.211. The average Bonchev–Trinajstić information content (AvgIpc) is 3.20. The summed E-state index contributed by atoms with van der Waals surface area (Å²) >= 11 is 5.67. The van der Waals surface area contributed by atoms with Gasteiger partial charge in [-0.25, -0.2) is 0 Å². The first-order valence-corrected chi connectivity index (χ1v) is 8.63. The van der Waals surface area contributed by atoms with Gasteiger partial charge in [-0.2, -0.15) is 0 Å². The lowest BCUT2D eigenvalue weighted by Crippen LogP contribution is -2.29. The van der Waals surface area contributed by atoms with E-state index in [1.807, 2.05) is 36.7 Å². The van der Waals surface area contributed by atoms with Crippen LogP contribution in [0.3, 0.4) is 0 Å². The van der Waals surface area contributed by atoms with Crippen LogP contribution >= 0.6 is 12.2 Å². The molecule has 4 heterocycles. The van der Waals surface area contributed by atoms with Crippen molar-refractivity contribution in [2.45, 2.75) is 18.6 Å². The molecule has 0 saturated carbocycles. The fourth-order valence-electron chi connectivity index (χ4n) is 3.37. The summed E-state index contributed by atoms with van der Waals surface area (Å²) in [4.78, 5) is 11.0. The first kappa shape index (κ1) is 15.8. The highest BCUT2D eigenvalue weighted by atomic mass is 32.1. The lowest BCUT2D eigenvalue weighted by molar-refractivity contribution is 0.299. The zero-order valence-corrected chi connectivity index (χ0v) is 14.7. The number of hydrogen-bond donors (Lipinski definition) is 1. The van der Waals surface area contributed by atoms with Crippen molar-refractivity contribution >= 4 is 17.3 Å². The minimum absolute atomic E-state index is 0.0129. The molecule has 3 aromatic heterocycles. The molecule has 6 heteroatoms. The average molecular weight is 349 g/mol. The molecule has 4 rings (SSSR count). The summed E-state index contributed by atoms with van der Waals surface area (Å²) in [7, 11) is 2.06. The van der Waals surface area contributed by atoms with E-state index in [2.05, 4.69) is 56.2 Å². The van der Waals surface area contributed by atoms with Gasteiger partial charge in [-0.1, -0.05) is 12.1 Å². The Morgan fingerprint density at radius 2 is 2.04 bits per heavy atom. The molecule has 0 unspecified atom stereocenters. The van der Waals surface area contributed by atoms with Crippen LogP contribution in [0, 0.1) is 0 Å². The Kier molecular flexibility index (Phi) is 4.19. The van der Waals surface area contributed by atoms with Crippen LogP contribution < -0.4 is 5.32 Å². The fourth-order valence-corrected chi connectivity index (χ4v) is 3.67. The summed E-state index contributed by atoms with van der Waals surface area (Å²) in [5.74, 6) is 0. The maximum atomic E-state index is 5.67.